The maximum atomic E-state index is 14.7. The molecule has 3 aliphatic carbocycles. The van der Waals surface area contributed by atoms with Crippen LogP contribution < -0.4 is 0 Å². The summed E-state index contributed by atoms with van der Waals surface area (Å²) in [6.07, 6.45) is -4.44. The highest BCUT2D eigenvalue weighted by Crippen LogP contribution is 2.67. The third kappa shape index (κ3) is 5.88. The number of ketones is 1. The van der Waals surface area contributed by atoms with Crippen molar-refractivity contribution < 1.29 is 43.5 Å². The van der Waals surface area contributed by atoms with Crippen molar-refractivity contribution in [3.8, 4) is 0 Å². The number of fused-ring (bicyclic) bond motifs is 5. The first-order chi connectivity index (χ1) is 22.1. The van der Waals surface area contributed by atoms with Crippen LogP contribution in [0, 0.1) is 34.0 Å². The number of ether oxygens (including phenoxy) is 4. The number of Topliss-reactive ketones (excluding diaryl/α,β-unsaturated/α-hetero) is 1. The van der Waals surface area contributed by atoms with Gasteiger partial charge in [0.1, 0.15) is 18.5 Å². The van der Waals surface area contributed by atoms with Crippen LogP contribution in [-0.4, -0.2) is 75.1 Å². The Morgan fingerprint density at radius 2 is 1.73 bits per heavy atom. The molecule has 9 nitrogen and oxygen atoms in total. The first-order valence-corrected chi connectivity index (χ1v) is 17.7. The Labute approximate surface area is 297 Å². The molecule has 11 atom stereocenters. The predicted molar refractivity (Wildman–Crippen MR) is 181 cm³/mol. The number of halogens is 3. The summed E-state index contributed by atoms with van der Waals surface area (Å²) in [5.74, 6) is -3.27. The second-order valence-corrected chi connectivity index (χ2v) is 17.9. The standard InChI is InChI=1S/C36H47Cl3O9/c1-18(22-12-10-9-11-13-22)27(48-31(43)46-17-36(37,38)39)30(42)47-23-15-35(44)21(4)28-33(7)16-45-25(33)14-24(40)34(28,8)29(41)20(3)26(19(23)2)32(35,5)6/h9-13,18,20-21,23-25,27-28,40,44H,14-17H2,1-8H3/t18-,20+,21-,23-,24-,25+,27+,28?,33+,34+,35+/m0/s1. The second kappa shape index (κ2) is 12.7. The Morgan fingerprint density at radius 3 is 2.29 bits per heavy atom. The zero-order valence-electron chi connectivity index (χ0n) is 28.7. The third-order valence-corrected chi connectivity index (χ3v) is 12.8. The van der Waals surface area contributed by atoms with E-state index in [2.05, 4.69) is 6.92 Å². The topological polar surface area (TPSA) is 129 Å². The molecular weight excluding hydrogens is 683 g/mol. The number of hydrogen-bond donors (Lipinski definition) is 2. The molecule has 4 aliphatic rings. The molecule has 0 radical (unpaired) electrons. The quantitative estimate of drug-likeness (QED) is 0.186. The van der Waals surface area contributed by atoms with Gasteiger partial charge in [-0.2, -0.15) is 0 Å². The van der Waals surface area contributed by atoms with E-state index in [0.717, 1.165) is 0 Å². The van der Waals surface area contributed by atoms with Crippen molar-refractivity contribution in [3.05, 3.63) is 47.0 Å². The van der Waals surface area contributed by atoms with E-state index >= 15 is 0 Å². The van der Waals surface area contributed by atoms with Crippen molar-refractivity contribution in [3.63, 3.8) is 0 Å². The normalized spacial score (nSPS) is 38.6. The lowest BCUT2D eigenvalue weighted by atomic mass is 9.40. The first-order valence-electron chi connectivity index (χ1n) is 16.5. The fourth-order valence-corrected chi connectivity index (χ4v) is 10.0. The van der Waals surface area contributed by atoms with Crippen LogP contribution in [0.3, 0.4) is 0 Å². The molecule has 1 saturated heterocycles. The van der Waals surface area contributed by atoms with Crippen molar-refractivity contribution in [2.45, 2.75) is 108 Å². The summed E-state index contributed by atoms with van der Waals surface area (Å²) in [6, 6.07) is 9.00. The Balaban J connectivity index is 1.54. The zero-order chi connectivity index (χ0) is 35.8. The molecule has 5 rings (SSSR count). The van der Waals surface area contributed by atoms with Crippen molar-refractivity contribution in [2.24, 2.45) is 34.0 Å². The predicted octanol–water partition coefficient (Wildman–Crippen LogP) is 6.72. The van der Waals surface area contributed by atoms with E-state index in [1.165, 1.54) is 0 Å². The molecule has 1 aromatic rings. The van der Waals surface area contributed by atoms with Gasteiger partial charge in [-0.1, -0.05) is 107 Å². The minimum Gasteiger partial charge on any atom is -0.455 e. The molecule has 0 aromatic heterocycles. The van der Waals surface area contributed by atoms with E-state index in [0.29, 0.717) is 29.7 Å². The molecule has 2 saturated carbocycles. The number of aliphatic hydroxyl groups is 2. The average Bonchev–Trinajstić information content (AvgIpc) is 3.01. The second-order valence-electron chi connectivity index (χ2n) is 15.4. The lowest BCUT2D eigenvalue weighted by molar-refractivity contribution is -0.301. The Kier molecular flexibility index (Phi) is 9.90. The van der Waals surface area contributed by atoms with Gasteiger partial charge >= 0.3 is 12.1 Å². The van der Waals surface area contributed by atoms with E-state index < -0.39 is 86.4 Å². The number of carbonyl (C=O) groups is 3. The molecule has 2 bridgehead atoms. The van der Waals surface area contributed by atoms with Crippen LogP contribution in [-0.2, 0) is 28.5 Å². The van der Waals surface area contributed by atoms with Gasteiger partial charge in [0.05, 0.1) is 29.8 Å². The number of rotatable bonds is 6. The zero-order valence-corrected chi connectivity index (χ0v) is 31.0. The molecule has 12 heteroatoms. The van der Waals surface area contributed by atoms with Crippen LogP contribution in [0.2, 0.25) is 0 Å². The number of hydrogen-bond acceptors (Lipinski definition) is 9. The molecule has 0 amide bonds. The minimum atomic E-state index is -1.89. The molecule has 1 aliphatic heterocycles. The lowest BCUT2D eigenvalue weighted by Gasteiger charge is -2.68. The summed E-state index contributed by atoms with van der Waals surface area (Å²) in [4.78, 5) is 41.5. The third-order valence-electron chi connectivity index (χ3n) is 12.4. The van der Waals surface area contributed by atoms with Crippen molar-refractivity contribution >= 4 is 52.7 Å². The van der Waals surface area contributed by atoms with Gasteiger partial charge < -0.3 is 29.2 Å². The monoisotopic (exact) mass is 728 g/mol. The van der Waals surface area contributed by atoms with Crippen LogP contribution in [0.15, 0.2) is 41.5 Å². The van der Waals surface area contributed by atoms with Crippen LogP contribution in [0.5, 0.6) is 0 Å². The number of esters is 1. The highest BCUT2D eigenvalue weighted by atomic mass is 35.6. The minimum absolute atomic E-state index is 0.0254. The Bertz CT molecular complexity index is 1470. The number of alkyl halides is 3. The van der Waals surface area contributed by atoms with Crippen LogP contribution in [0.25, 0.3) is 0 Å². The van der Waals surface area contributed by atoms with E-state index in [1.807, 2.05) is 47.6 Å². The molecule has 266 valence electrons. The molecule has 48 heavy (non-hydrogen) atoms. The fraction of sp³-hybridized carbons (Fsp3) is 0.694. The summed E-state index contributed by atoms with van der Waals surface area (Å²) in [7, 11) is 0. The van der Waals surface area contributed by atoms with Gasteiger partial charge in [0.2, 0.25) is 9.90 Å². The molecule has 1 unspecified atom stereocenters. The van der Waals surface area contributed by atoms with Crippen LogP contribution >= 0.6 is 34.8 Å². The fourth-order valence-electron chi connectivity index (χ4n) is 9.84. The number of benzene rings is 1. The molecule has 1 aromatic carbocycles. The summed E-state index contributed by atoms with van der Waals surface area (Å²) in [6.45, 7) is 14.9. The summed E-state index contributed by atoms with van der Waals surface area (Å²) in [5, 5.41) is 24.6. The van der Waals surface area contributed by atoms with Crippen LogP contribution in [0.4, 0.5) is 4.79 Å². The maximum Gasteiger partial charge on any atom is 0.509 e. The van der Waals surface area contributed by atoms with Gasteiger partial charge in [-0.25, -0.2) is 9.59 Å². The molecule has 1 heterocycles. The van der Waals surface area contributed by atoms with E-state index in [9.17, 15) is 24.6 Å². The molecule has 2 N–H and O–H groups in total. The van der Waals surface area contributed by atoms with Crippen molar-refractivity contribution in [2.75, 3.05) is 13.2 Å². The van der Waals surface area contributed by atoms with Crippen molar-refractivity contribution in [1.29, 1.82) is 0 Å². The number of aliphatic hydroxyl groups excluding tert-OH is 1. The van der Waals surface area contributed by atoms with E-state index in [-0.39, 0.29) is 18.3 Å². The van der Waals surface area contributed by atoms with Crippen LogP contribution in [0.1, 0.15) is 79.7 Å². The summed E-state index contributed by atoms with van der Waals surface area (Å²) < 4.78 is 20.7. The summed E-state index contributed by atoms with van der Waals surface area (Å²) in [5.41, 5.74) is -1.95. The Hall–Kier alpha value is -1.88. The molecule has 0 spiro atoms. The van der Waals surface area contributed by atoms with Crippen molar-refractivity contribution in [1.82, 2.24) is 0 Å². The molecule has 3 fully saturated rings. The maximum absolute atomic E-state index is 14.7. The summed E-state index contributed by atoms with van der Waals surface area (Å²) >= 11 is 17.2. The van der Waals surface area contributed by atoms with Gasteiger partial charge in [0.25, 0.3) is 0 Å². The van der Waals surface area contributed by atoms with Gasteiger partial charge in [-0.3, -0.25) is 4.79 Å². The first kappa shape index (κ1) is 37.4. The Morgan fingerprint density at radius 1 is 1.10 bits per heavy atom. The number of carbonyl (C=O) groups excluding carboxylic acids is 3. The largest absolute Gasteiger partial charge is 0.509 e. The lowest BCUT2D eigenvalue weighted by Crippen LogP contribution is -2.74. The van der Waals surface area contributed by atoms with Gasteiger partial charge in [-0.05, 0) is 42.4 Å². The average molecular weight is 730 g/mol. The van der Waals surface area contributed by atoms with Gasteiger partial charge in [0, 0.05) is 35.5 Å². The SMILES string of the molecule is CC1=C2[C@@H](C)C(=O)[C@@]3(C)C([C@H](C)[C@](O)(C[C@@H]1OC(=O)[C@H](OC(=O)OCC(Cl)(Cl)Cl)[C@@H](C)c1ccccc1)C2(C)C)[C@]1(C)CO[C@@H]1C[C@@H]3O. The molecular formula is C36H47Cl3O9. The van der Waals surface area contributed by atoms with Gasteiger partial charge in [-0.15, -0.1) is 0 Å². The smallest absolute Gasteiger partial charge is 0.455 e. The highest BCUT2D eigenvalue weighted by Gasteiger charge is 2.72. The van der Waals surface area contributed by atoms with E-state index in [4.69, 9.17) is 53.8 Å². The van der Waals surface area contributed by atoms with Gasteiger partial charge in [0.15, 0.2) is 0 Å². The van der Waals surface area contributed by atoms with E-state index in [1.54, 1.807) is 31.2 Å². The highest BCUT2D eigenvalue weighted by molar-refractivity contribution is 6.67.